The van der Waals surface area contributed by atoms with Crippen LogP contribution < -0.4 is 4.72 Å². The van der Waals surface area contributed by atoms with Crippen molar-refractivity contribution in [2.75, 3.05) is 12.8 Å². The van der Waals surface area contributed by atoms with Crippen molar-refractivity contribution in [2.24, 2.45) is 5.92 Å². The van der Waals surface area contributed by atoms with Crippen LogP contribution >= 0.6 is 0 Å². The number of likely N-dealkylation sites (tertiary alicyclic amines) is 1. The zero-order valence-electron chi connectivity index (χ0n) is 13.9. The molecule has 130 valence electrons. The molecule has 2 atom stereocenters. The van der Waals surface area contributed by atoms with Gasteiger partial charge in [-0.1, -0.05) is 42.5 Å². The molecule has 1 saturated heterocycles. The molecule has 1 N–H and O–H groups in total. The number of sulfonamides is 1. The number of nitrogens with zero attached hydrogens (tertiary/aromatic N) is 1. The third-order valence-electron chi connectivity index (χ3n) is 4.84. The molecule has 0 radical (unpaired) electrons. The van der Waals surface area contributed by atoms with E-state index in [4.69, 9.17) is 0 Å². The van der Waals surface area contributed by atoms with Crippen molar-refractivity contribution in [3.05, 3.63) is 48.0 Å². The summed E-state index contributed by atoms with van der Waals surface area (Å²) in [5, 5.41) is 0. The zero-order valence-corrected chi connectivity index (χ0v) is 14.7. The van der Waals surface area contributed by atoms with E-state index in [0.717, 1.165) is 18.4 Å². The van der Waals surface area contributed by atoms with Crippen LogP contribution in [0.15, 0.2) is 42.5 Å². The average molecular weight is 348 g/mol. The third-order valence-corrected chi connectivity index (χ3v) is 5.57. The molecule has 1 aromatic carbocycles. The summed E-state index contributed by atoms with van der Waals surface area (Å²) in [5.74, 6) is 0.166. The zero-order chi connectivity index (χ0) is 17.2. The van der Waals surface area contributed by atoms with Crippen LogP contribution in [-0.4, -0.2) is 44.1 Å². The normalized spacial score (nSPS) is 24.6. The predicted octanol–water partition coefficient (Wildman–Crippen LogP) is 1.71. The Hall–Kier alpha value is -1.66. The minimum Gasteiger partial charge on any atom is -0.337 e. The second-order valence-electron chi connectivity index (χ2n) is 6.71. The topological polar surface area (TPSA) is 66.5 Å². The molecule has 2 aliphatic rings. The van der Waals surface area contributed by atoms with Gasteiger partial charge in [-0.25, -0.2) is 13.1 Å². The van der Waals surface area contributed by atoms with Crippen LogP contribution in [0.1, 0.15) is 24.8 Å². The molecule has 0 spiro atoms. The van der Waals surface area contributed by atoms with Gasteiger partial charge in [0.05, 0.1) is 12.3 Å². The number of rotatable bonds is 5. The second-order valence-corrected chi connectivity index (χ2v) is 8.49. The number of hydrogen-bond acceptors (Lipinski definition) is 3. The van der Waals surface area contributed by atoms with Gasteiger partial charge in [-0.15, -0.1) is 0 Å². The molecule has 1 aliphatic heterocycles. The Morgan fingerprint density at radius 2 is 1.88 bits per heavy atom. The molecule has 0 bridgehead atoms. The van der Waals surface area contributed by atoms with Gasteiger partial charge in [0.25, 0.3) is 0 Å². The van der Waals surface area contributed by atoms with E-state index in [-0.39, 0.29) is 23.9 Å². The van der Waals surface area contributed by atoms with Crippen molar-refractivity contribution in [2.45, 2.75) is 37.8 Å². The number of amides is 1. The third kappa shape index (κ3) is 4.05. The first-order valence-corrected chi connectivity index (χ1v) is 10.3. The molecule has 1 aromatic rings. The summed E-state index contributed by atoms with van der Waals surface area (Å²) in [6, 6.07) is 9.59. The van der Waals surface area contributed by atoms with Gasteiger partial charge in [0.2, 0.25) is 15.9 Å². The molecule has 5 nitrogen and oxygen atoms in total. The summed E-state index contributed by atoms with van der Waals surface area (Å²) >= 11 is 0. The molecular weight excluding hydrogens is 324 g/mol. The number of carbonyl (C=O) groups excluding carboxylic acids is 1. The maximum atomic E-state index is 12.9. The van der Waals surface area contributed by atoms with E-state index >= 15 is 0 Å². The van der Waals surface area contributed by atoms with Crippen molar-refractivity contribution < 1.29 is 13.2 Å². The maximum Gasteiger partial charge on any atom is 0.226 e. The van der Waals surface area contributed by atoms with Gasteiger partial charge in [-0.3, -0.25) is 4.79 Å². The molecule has 0 aromatic heterocycles. The Morgan fingerprint density at radius 1 is 1.21 bits per heavy atom. The van der Waals surface area contributed by atoms with Gasteiger partial charge in [0.15, 0.2) is 0 Å². The van der Waals surface area contributed by atoms with Crippen LogP contribution in [-0.2, 0) is 21.2 Å². The minimum atomic E-state index is -3.30. The van der Waals surface area contributed by atoms with Crippen molar-refractivity contribution >= 4 is 15.9 Å². The van der Waals surface area contributed by atoms with Crippen LogP contribution in [0.3, 0.4) is 0 Å². The molecule has 24 heavy (non-hydrogen) atoms. The summed E-state index contributed by atoms with van der Waals surface area (Å²) < 4.78 is 26.1. The average Bonchev–Trinajstić information content (AvgIpc) is 3.17. The quantitative estimate of drug-likeness (QED) is 0.824. The second kappa shape index (κ2) is 7.07. The Balaban J connectivity index is 1.80. The molecule has 1 amide bonds. The Labute approximate surface area is 143 Å². The highest BCUT2D eigenvalue weighted by molar-refractivity contribution is 7.88. The Bertz CT molecular complexity index is 707. The summed E-state index contributed by atoms with van der Waals surface area (Å²) in [6.45, 7) is 0.611. The van der Waals surface area contributed by atoms with Crippen LogP contribution in [0, 0.1) is 5.92 Å². The van der Waals surface area contributed by atoms with Crippen molar-refractivity contribution in [1.29, 1.82) is 0 Å². The molecule has 1 heterocycles. The van der Waals surface area contributed by atoms with Crippen molar-refractivity contribution in [3.63, 3.8) is 0 Å². The molecule has 0 saturated carbocycles. The van der Waals surface area contributed by atoms with Crippen molar-refractivity contribution in [1.82, 2.24) is 9.62 Å². The fourth-order valence-corrected chi connectivity index (χ4v) is 4.53. The lowest BCUT2D eigenvalue weighted by molar-refractivity contribution is -0.136. The lowest BCUT2D eigenvalue weighted by Gasteiger charge is -2.30. The fraction of sp³-hybridized carbons (Fsp3) is 0.500. The van der Waals surface area contributed by atoms with Gasteiger partial charge in [0.1, 0.15) is 0 Å². The van der Waals surface area contributed by atoms with Gasteiger partial charge >= 0.3 is 0 Å². The van der Waals surface area contributed by atoms with E-state index in [9.17, 15) is 13.2 Å². The summed E-state index contributed by atoms with van der Waals surface area (Å²) in [7, 11) is -3.30. The molecule has 0 unspecified atom stereocenters. The Kier molecular flexibility index (Phi) is 5.06. The van der Waals surface area contributed by atoms with Gasteiger partial charge in [-0.2, -0.15) is 0 Å². The standard InChI is InChI=1S/C18H24N2O3S/c1-24(22,23)19-16-11-12-20(18(21)15-9-5-6-10-15)17(16)13-14-7-3-2-4-8-14/h2-8,15-17,19H,9-13H2,1H3/t16-,17+/m1/s1. The highest BCUT2D eigenvalue weighted by Gasteiger charge is 2.40. The van der Waals surface area contributed by atoms with Crippen LogP contribution in [0.5, 0.6) is 0 Å². The van der Waals surface area contributed by atoms with Crippen LogP contribution in [0.2, 0.25) is 0 Å². The largest absolute Gasteiger partial charge is 0.337 e. The summed E-state index contributed by atoms with van der Waals surface area (Å²) in [6.07, 6.45) is 8.19. The van der Waals surface area contributed by atoms with Gasteiger partial charge in [-0.05, 0) is 31.2 Å². The van der Waals surface area contributed by atoms with Gasteiger partial charge in [0, 0.05) is 18.5 Å². The fourth-order valence-electron chi connectivity index (χ4n) is 3.70. The SMILES string of the molecule is CS(=O)(=O)N[C@@H]1CCN(C(=O)C2CC=CC2)[C@H]1Cc1ccccc1. The Morgan fingerprint density at radius 3 is 2.50 bits per heavy atom. The number of allylic oxidation sites excluding steroid dienone is 2. The van der Waals surface area contributed by atoms with Gasteiger partial charge < -0.3 is 4.90 Å². The lowest BCUT2D eigenvalue weighted by Crippen LogP contribution is -2.48. The van der Waals surface area contributed by atoms with E-state index in [2.05, 4.69) is 16.9 Å². The number of benzene rings is 1. The van der Waals surface area contributed by atoms with Crippen LogP contribution in [0.4, 0.5) is 0 Å². The first-order valence-electron chi connectivity index (χ1n) is 8.41. The smallest absolute Gasteiger partial charge is 0.226 e. The van der Waals surface area contributed by atoms with E-state index < -0.39 is 10.0 Å². The van der Waals surface area contributed by atoms with Crippen LogP contribution in [0.25, 0.3) is 0 Å². The van der Waals surface area contributed by atoms with Crippen molar-refractivity contribution in [3.8, 4) is 0 Å². The van der Waals surface area contributed by atoms with E-state index in [0.29, 0.717) is 19.4 Å². The number of nitrogens with one attached hydrogen (secondary N) is 1. The molecule has 6 heteroatoms. The lowest BCUT2D eigenvalue weighted by atomic mass is 9.99. The van der Waals surface area contributed by atoms with E-state index in [1.165, 1.54) is 6.26 Å². The monoisotopic (exact) mass is 348 g/mol. The molecule has 1 aliphatic carbocycles. The van der Waals surface area contributed by atoms with E-state index in [1.807, 2.05) is 35.2 Å². The number of hydrogen-bond donors (Lipinski definition) is 1. The minimum absolute atomic E-state index is 0.0141. The maximum absolute atomic E-state index is 12.9. The van der Waals surface area contributed by atoms with E-state index in [1.54, 1.807) is 0 Å². The highest BCUT2D eigenvalue weighted by atomic mass is 32.2. The first-order chi connectivity index (χ1) is 11.4. The molecule has 3 rings (SSSR count). The molecular formula is C18H24N2O3S. The molecule has 1 fully saturated rings. The number of carbonyl (C=O) groups is 1. The highest BCUT2D eigenvalue weighted by Crippen LogP contribution is 2.28. The first kappa shape index (κ1) is 17.2. The summed E-state index contributed by atoms with van der Waals surface area (Å²) in [5.41, 5.74) is 1.12. The summed E-state index contributed by atoms with van der Waals surface area (Å²) in [4.78, 5) is 14.8. The predicted molar refractivity (Wildman–Crippen MR) is 93.9 cm³/mol.